The van der Waals surface area contributed by atoms with Gasteiger partial charge in [-0.15, -0.1) is 10.2 Å². The first kappa shape index (κ1) is 16.5. The van der Waals surface area contributed by atoms with Gasteiger partial charge in [0.2, 0.25) is 0 Å². The van der Waals surface area contributed by atoms with Gasteiger partial charge in [0.1, 0.15) is 12.1 Å². The van der Waals surface area contributed by atoms with Crippen molar-refractivity contribution in [1.82, 2.24) is 20.1 Å². The number of benzene rings is 2. The van der Waals surface area contributed by atoms with Gasteiger partial charge < -0.3 is 19.9 Å². The number of anilines is 1. The van der Waals surface area contributed by atoms with E-state index in [9.17, 15) is 4.79 Å². The molecule has 7 nitrogen and oxygen atoms in total. The summed E-state index contributed by atoms with van der Waals surface area (Å²) in [6.45, 7) is 2.23. The van der Waals surface area contributed by atoms with Crippen LogP contribution in [0.4, 0.5) is 10.5 Å². The van der Waals surface area contributed by atoms with Crippen molar-refractivity contribution in [2.24, 2.45) is 7.05 Å². The number of urea groups is 1. The molecule has 0 fully saturated rings. The Morgan fingerprint density at radius 1 is 1.20 bits per heavy atom. The molecule has 128 valence electrons. The van der Waals surface area contributed by atoms with Crippen molar-refractivity contribution in [2.45, 2.75) is 13.5 Å². The van der Waals surface area contributed by atoms with Crippen molar-refractivity contribution in [2.75, 3.05) is 5.32 Å². The Morgan fingerprint density at radius 3 is 2.72 bits per heavy atom. The molecule has 3 rings (SSSR count). The van der Waals surface area contributed by atoms with Crippen LogP contribution in [0.15, 0.2) is 54.9 Å². The molecule has 25 heavy (non-hydrogen) atoms. The Kier molecular flexibility index (Phi) is 4.94. The van der Waals surface area contributed by atoms with E-state index < -0.39 is 0 Å². The normalized spacial score (nSPS) is 10.3. The lowest BCUT2D eigenvalue weighted by molar-refractivity contribution is 0.251. The molecule has 2 amide bonds. The van der Waals surface area contributed by atoms with E-state index in [-0.39, 0.29) is 12.6 Å². The van der Waals surface area contributed by atoms with Crippen LogP contribution in [0.1, 0.15) is 11.4 Å². The van der Waals surface area contributed by atoms with Crippen molar-refractivity contribution in [3.8, 4) is 11.5 Å². The average Bonchev–Trinajstić information content (AvgIpc) is 3.01. The topological polar surface area (TPSA) is 81.1 Å². The van der Waals surface area contributed by atoms with E-state index in [0.717, 1.165) is 5.56 Å². The van der Waals surface area contributed by atoms with Crippen molar-refractivity contribution >= 4 is 11.7 Å². The van der Waals surface area contributed by atoms with Crippen LogP contribution in [-0.4, -0.2) is 20.8 Å². The van der Waals surface area contributed by atoms with E-state index in [2.05, 4.69) is 20.8 Å². The van der Waals surface area contributed by atoms with Crippen LogP contribution in [0, 0.1) is 6.92 Å². The Hall–Kier alpha value is -3.35. The van der Waals surface area contributed by atoms with Gasteiger partial charge in [-0.1, -0.05) is 24.3 Å². The third-order valence-corrected chi connectivity index (χ3v) is 3.57. The zero-order chi connectivity index (χ0) is 17.6. The van der Waals surface area contributed by atoms with Gasteiger partial charge in [0.05, 0.1) is 12.2 Å². The van der Waals surface area contributed by atoms with E-state index in [0.29, 0.717) is 23.0 Å². The molecule has 2 N–H and O–H groups in total. The number of amides is 2. The summed E-state index contributed by atoms with van der Waals surface area (Å²) < 4.78 is 7.61. The van der Waals surface area contributed by atoms with Gasteiger partial charge in [0.25, 0.3) is 0 Å². The van der Waals surface area contributed by atoms with Gasteiger partial charge in [-0.05, 0) is 36.8 Å². The molecule has 0 aliphatic carbocycles. The monoisotopic (exact) mass is 337 g/mol. The number of aromatic nitrogens is 3. The molecular formula is C18H19N5O2. The van der Waals surface area contributed by atoms with Gasteiger partial charge >= 0.3 is 6.03 Å². The highest BCUT2D eigenvalue weighted by Crippen LogP contribution is 2.30. The summed E-state index contributed by atoms with van der Waals surface area (Å²) in [4.78, 5) is 12.2. The second-order valence-electron chi connectivity index (χ2n) is 5.58. The summed E-state index contributed by atoms with van der Waals surface area (Å²) in [5, 5.41) is 13.3. The summed E-state index contributed by atoms with van der Waals surface area (Å²) in [5.74, 6) is 1.94. The van der Waals surface area contributed by atoms with Crippen LogP contribution in [0.25, 0.3) is 0 Å². The quantitative estimate of drug-likeness (QED) is 0.749. The van der Waals surface area contributed by atoms with Crippen molar-refractivity contribution < 1.29 is 9.53 Å². The fourth-order valence-corrected chi connectivity index (χ4v) is 2.24. The Bertz CT molecular complexity index is 861. The number of aryl methyl sites for hydroxylation is 2. The molecule has 3 aromatic rings. The van der Waals surface area contributed by atoms with E-state index in [1.54, 1.807) is 10.9 Å². The second-order valence-corrected chi connectivity index (χ2v) is 5.58. The average molecular weight is 337 g/mol. The number of nitrogens with zero attached hydrogens (tertiary/aromatic N) is 3. The molecular weight excluding hydrogens is 318 g/mol. The first-order chi connectivity index (χ1) is 12.1. The first-order valence-electron chi connectivity index (χ1n) is 7.83. The van der Waals surface area contributed by atoms with Crippen molar-refractivity contribution in [3.63, 3.8) is 0 Å². The lowest BCUT2D eigenvalue weighted by Gasteiger charge is -2.13. The third-order valence-electron chi connectivity index (χ3n) is 3.57. The van der Waals surface area contributed by atoms with Gasteiger partial charge in [0, 0.05) is 7.05 Å². The number of hydrogen-bond donors (Lipinski definition) is 2. The van der Waals surface area contributed by atoms with Crippen LogP contribution >= 0.6 is 0 Å². The predicted molar refractivity (Wildman–Crippen MR) is 94.6 cm³/mol. The molecule has 0 aliphatic heterocycles. The summed E-state index contributed by atoms with van der Waals surface area (Å²) >= 11 is 0. The third kappa shape index (κ3) is 4.35. The predicted octanol–water partition coefficient (Wildman–Crippen LogP) is 3.24. The maximum Gasteiger partial charge on any atom is 0.319 e. The zero-order valence-corrected chi connectivity index (χ0v) is 14.1. The van der Waals surface area contributed by atoms with Gasteiger partial charge in [-0.2, -0.15) is 0 Å². The highest BCUT2D eigenvalue weighted by Gasteiger charge is 2.10. The van der Waals surface area contributed by atoms with Crippen LogP contribution in [-0.2, 0) is 13.6 Å². The highest BCUT2D eigenvalue weighted by molar-refractivity contribution is 5.91. The van der Waals surface area contributed by atoms with Crippen LogP contribution < -0.4 is 15.4 Å². The Labute approximate surface area is 145 Å². The smallest absolute Gasteiger partial charge is 0.319 e. The molecule has 0 unspecified atom stereocenters. The molecule has 2 aromatic carbocycles. The maximum absolute atomic E-state index is 12.2. The molecule has 0 radical (unpaired) electrons. The van der Waals surface area contributed by atoms with Gasteiger partial charge in [-0.25, -0.2) is 4.79 Å². The minimum absolute atomic E-state index is 0.281. The summed E-state index contributed by atoms with van der Waals surface area (Å²) in [6.07, 6.45) is 1.58. The molecule has 0 atom stereocenters. The largest absolute Gasteiger partial charge is 0.455 e. The van der Waals surface area contributed by atoms with Crippen molar-refractivity contribution in [1.29, 1.82) is 0 Å². The van der Waals surface area contributed by atoms with E-state index in [1.807, 2.05) is 62.5 Å². The van der Waals surface area contributed by atoms with Crippen LogP contribution in [0.2, 0.25) is 0 Å². The van der Waals surface area contributed by atoms with Crippen LogP contribution in [0.3, 0.4) is 0 Å². The fourth-order valence-electron chi connectivity index (χ4n) is 2.24. The lowest BCUT2D eigenvalue weighted by Crippen LogP contribution is -2.29. The van der Waals surface area contributed by atoms with Gasteiger partial charge in [0.15, 0.2) is 11.6 Å². The van der Waals surface area contributed by atoms with E-state index >= 15 is 0 Å². The standard InChI is InChI=1S/C18H19N5O2/c1-13-8-9-16(25-14-6-4-3-5-7-14)15(10-13)21-18(24)19-11-17-22-20-12-23(17)2/h3-10,12H,11H2,1-2H3,(H2,19,21,24). The van der Waals surface area contributed by atoms with Crippen molar-refractivity contribution in [3.05, 3.63) is 66.2 Å². The number of carbonyl (C=O) groups excluding carboxylic acids is 1. The number of rotatable bonds is 5. The number of nitrogens with one attached hydrogen (secondary N) is 2. The molecule has 0 spiro atoms. The molecule has 0 bridgehead atoms. The summed E-state index contributed by atoms with van der Waals surface area (Å²) in [5.41, 5.74) is 1.61. The second kappa shape index (κ2) is 7.48. The maximum atomic E-state index is 12.2. The fraction of sp³-hybridized carbons (Fsp3) is 0.167. The SMILES string of the molecule is Cc1ccc(Oc2ccccc2)c(NC(=O)NCc2nncn2C)c1. The molecule has 1 aromatic heterocycles. The number of carbonyl (C=O) groups is 1. The number of para-hydroxylation sites is 1. The molecule has 0 saturated heterocycles. The Morgan fingerprint density at radius 2 is 2.00 bits per heavy atom. The van der Waals surface area contributed by atoms with E-state index in [4.69, 9.17) is 4.74 Å². The molecule has 0 saturated carbocycles. The first-order valence-corrected chi connectivity index (χ1v) is 7.83. The minimum atomic E-state index is -0.341. The number of ether oxygens (including phenoxy) is 1. The summed E-state index contributed by atoms with van der Waals surface area (Å²) in [7, 11) is 1.82. The minimum Gasteiger partial charge on any atom is -0.455 e. The lowest BCUT2D eigenvalue weighted by atomic mass is 10.2. The zero-order valence-electron chi connectivity index (χ0n) is 14.1. The summed E-state index contributed by atoms with van der Waals surface area (Å²) in [6, 6.07) is 14.7. The van der Waals surface area contributed by atoms with E-state index in [1.165, 1.54) is 0 Å². The molecule has 7 heteroatoms. The van der Waals surface area contributed by atoms with Crippen LogP contribution in [0.5, 0.6) is 11.5 Å². The number of hydrogen-bond acceptors (Lipinski definition) is 4. The highest BCUT2D eigenvalue weighted by atomic mass is 16.5. The Balaban J connectivity index is 1.69. The molecule has 0 aliphatic rings. The molecule has 1 heterocycles. The van der Waals surface area contributed by atoms with Gasteiger partial charge in [-0.3, -0.25) is 0 Å².